The molecule has 1 saturated carbocycles. The summed E-state index contributed by atoms with van der Waals surface area (Å²) in [7, 11) is 0. The zero-order chi connectivity index (χ0) is 20.8. The van der Waals surface area contributed by atoms with Crippen LogP contribution in [0.3, 0.4) is 0 Å². The molecule has 3 aromatic rings. The fourth-order valence-electron chi connectivity index (χ4n) is 4.50. The van der Waals surface area contributed by atoms with Crippen LogP contribution in [0.1, 0.15) is 48.0 Å². The van der Waals surface area contributed by atoms with Gasteiger partial charge in [0.05, 0.1) is 11.3 Å². The summed E-state index contributed by atoms with van der Waals surface area (Å²) < 4.78 is 6.63. The molecule has 1 amide bonds. The Morgan fingerprint density at radius 1 is 1.17 bits per heavy atom. The van der Waals surface area contributed by atoms with Crippen molar-refractivity contribution >= 4 is 38.6 Å². The number of aromatic nitrogens is 1. The topological polar surface area (TPSA) is 83.6 Å². The Kier molecular flexibility index (Phi) is 4.70. The molecule has 2 aliphatic rings. The Morgan fingerprint density at radius 2 is 1.97 bits per heavy atom. The third-order valence-corrected chi connectivity index (χ3v) is 6.37. The molecule has 1 N–H and O–H groups in total. The van der Waals surface area contributed by atoms with Gasteiger partial charge in [0, 0.05) is 22.1 Å². The number of fused-ring (bicyclic) bond motifs is 1. The molecule has 1 aliphatic carbocycles. The molecule has 5 rings (SSSR count). The Hall–Kier alpha value is -2.93. The van der Waals surface area contributed by atoms with Crippen LogP contribution in [0.4, 0.5) is 0 Å². The van der Waals surface area contributed by atoms with E-state index in [0.29, 0.717) is 11.3 Å². The second-order valence-corrected chi connectivity index (χ2v) is 8.61. The average Bonchev–Trinajstić information content (AvgIpc) is 3.47. The zero-order valence-corrected chi connectivity index (χ0v) is 17.6. The van der Waals surface area contributed by atoms with Crippen LogP contribution in [0, 0.1) is 0 Å². The fraction of sp³-hybridized carbons (Fsp3) is 0.261. The van der Waals surface area contributed by atoms with Gasteiger partial charge in [0.15, 0.2) is 11.5 Å². The minimum atomic E-state index is -0.728. The van der Waals surface area contributed by atoms with E-state index in [0.717, 1.165) is 35.5 Å². The van der Waals surface area contributed by atoms with Crippen molar-refractivity contribution in [2.75, 3.05) is 0 Å². The first-order valence-corrected chi connectivity index (χ1v) is 10.7. The van der Waals surface area contributed by atoms with E-state index in [-0.39, 0.29) is 17.4 Å². The molecule has 1 aromatic carbocycles. The first kappa shape index (κ1) is 19.1. The molecule has 1 aliphatic heterocycles. The monoisotopic (exact) mass is 466 g/mol. The quantitative estimate of drug-likeness (QED) is 0.539. The molecule has 1 unspecified atom stereocenters. The molecule has 1 fully saturated rings. The molecule has 0 saturated heterocycles. The number of aliphatic hydroxyl groups is 1. The van der Waals surface area contributed by atoms with Gasteiger partial charge in [-0.25, -0.2) is 0 Å². The standard InChI is InChI=1S/C23H19BrN2O4/c24-14-8-9-17-13(11-14)12-18(30-17)21(27)19-20(16-7-3-4-10-25-16)26(23(29)22(19)28)15-5-1-2-6-15/h3-4,7-12,15,20,28H,1-2,5-6H2. The highest BCUT2D eigenvalue weighted by Gasteiger charge is 2.48. The van der Waals surface area contributed by atoms with E-state index in [4.69, 9.17) is 4.42 Å². The maximum Gasteiger partial charge on any atom is 0.290 e. The van der Waals surface area contributed by atoms with E-state index in [9.17, 15) is 14.7 Å². The number of furan rings is 1. The third kappa shape index (κ3) is 3.04. The van der Waals surface area contributed by atoms with Gasteiger partial charge in [0.1, 0.15) is 11.6 Å². The number of amides is 1. The van der Waals surface area contributed by atoms with Crippen molar-refractivity contribution in [2.24, 2.45) is 0 Å². The molecule has 152 valence electrons. The van der Waals surface area contributed by atoms with Gasteiger partial charge in [-0.2, -0.15) is 0 Å². The molecule has 0 radical (unpaired) electrons. The summed E-state index contributed by atoms with van der Waals surface area (Å²) in [5, 5.41) is 11.5. The van der Waals surface area contributed by atoms with Gasteiger partial charge in [-0.15, -0.1) is 0 Å². The van der Waals surface area contributed by atoms with Crippen molar-refractivity contribution in [3.05, 3.63) is 75.9 Å². The Labute approximate surface area is 181 Å². The number of ketones is 1. The Morgan fingerprint density at radius 3 is 2.70 bits per heavy atom. The smallest absolute Gasteiger partial charge is 0.290 e. The summed E-state index contributed by atoms with van der Waals surface area (Å²) in [5.41, 5.74) is 1.15. The van der Waals surface area contributed by atoms with Gasteiger partial charge in [-0.3, -0.25) is 14.6 Å². The summed E-state index contributed by atoms with van der Waals surface area (Å²) in [6.07, 6.45) is 5.37. The molecule has 30 heavy (non-hydrogen) atoms. The first-order valence-electron chi connectivity index (χ1n) is 9.95. The molecular weight excluding hydrogens is 448 g/mol. The summed E-state index contributed by atoms with van der Waals surface area (Å²) in [5.74, 6) is -1.43. The zero-order valence-electron chi connectivity index (χ0n) is 16.0. The largest absolute Gasteiger partial charge is 0.503 e. The van der Waals surface area contributed by atoms with Crippen molar-refractivity contribution in [1.82, 2.24) is 9.88 Å². The van der Waals surface area contributed by atoms with Gasteiger partial charge in [-0.05, 0) is 49.2 Å². The van der Waals surface area contributed by atoms with Crippen molar-refractivity contribution < 1.29 is 19.1 Å². The lowest BCUT2D eigenvalue weighted by Crippen LogP contribution is -2.39. The molecular formula is C23H19BrN2O4. The number of hydrogen-bond donors (Lipinski definition) is 1. The van der Waals surface area contributed by atoms with Crippen LogP contribution >= 0.6 is 15.9 Å². The van der Waals surface area contributed by atoms with Crippen LogP contribution in [0.5, 0.6) is 0 Å². The maximum atomic E-state index is 13.5. The van der Waals surface area contributed by atoms with E-state index >= 15 is 0 Å². The number of hydrogen-bond acceptors (Lipinski definition) is 5. The van der Waals surface area contributed by atoms with E-state index in [2.05, 4.69) is 20.9 Å². The van der Waals surface area contributed by atoms with Crippen LogP contribution in [0.2, 0.25) is 0 Å². The minimum Gasteiger partial charge on any atom is -0.503 e. The Bertz CT molecular complexity index is 1180. The normalized spacial score (nSPS) is 20.0. The van der Waals surface area contributed by atoms with Crippen molar-refractivity contribution in [2.45, 2.75) is 37.8 Å². The van der Waals surface area contributed by atoms with Gasteiger partial charge in [0.2, 0.25) is 5.78 Å². The van der Waals surface area contributed by atoms with Gasteiger partial charge in [-0.1, -0.05) is 34.8 Å². The molecule has 2 aromatic heterocycles. The van der Waals surface area contributed by atoms with E-state index in [1.165, 1.54) is 0 Å². The highest BCUT2D eigenvalue weighted by atomic mass is 79.9. The number of carbonyl (C=O) groups excluding carboxylic acids is 2. The minimum absolute atomic E-state index is 0.0245. The lowest BCUT2D eigenvalue weighted by atomic mass is 9.97. The van der Waals surface area contributed by atoms with Crippen molar-refractivity contribution in [1.29, 1.82) is 0 Å². The predicted molar refractivity (Wildman–Crippen MR) is 114 cm³/mol. The fourth-order valence-corrected chi connectivity index (χ4v) is 4.88. The van der Waals surface area contributed by atoms with Crippen LogP contribution in [-0.4, -0.2) is 32.7 Å². The van der Waals surface area contributed by atoms with Crippen molar-refractivity contribution in [3.63, 3.8) is 0 Å². The molecule has 6 nitrogen and oxygen atoms in total. The highest BCUT2D eigenvalue weighted by molar-refractivity contribution is 9.10. The summed E-state index contributed by atoms with van der Waals surface area (Å²) in [6.45, 7) is 0. The van der Waals surface area contributed by atoms with Crippen LogP contribution in [-0.2, 0) is 4.79 Å². The lowest BCUT2D eigenvalue weighted by molar-refractivity contribution is -0.131. The lowest BCUT2D eigenvalue weighted by Gasteiger charge is -2.31. The molecule has 7 heteroatoms. The van der Waals surface area contributed by atoms with Crippen LogP contribution < -0.4 is 0 Å². The molecule has 0 spiro atoms. The van der Waals surface area contributed by atoms with Gasteiger partial charge < -0.3 is 14.4 Å². The van der Waals surface area contributed by atoms with E-state index < -0.39 is 23.5 Å². The highest BCUT2D eigenvalue weighted by Crippen LogP contribution is 2.43. The number of pyridine rings is 1. The average molecular weight is 467 g/mol. The predicted octanol–water partition coefficient (Wildman–Crippen LogP) is 5.11. The van der Waals surface area contributed by atoms with Crippen molar-refractivity contribution in [3.8, 4) is 0 Å². The second kappa shape index (κ2) is 7.40. The van der Waals surface area contributed by atoms with E-state index in [1.807, 2.05) is 18.2 Å². The number of nitrogens with zero attached hydrogens (tertiary/aromatic N) is 2. The Balaban J connectivity index is 1.61. The molecule has 0 bridgehead atoms. The number of aliphatic hydroxyl groups excluding tert-OH is 1. The third-order valence-electron chi connectivity index (χ3n) is 5.88. The number of rotatable bonds is 4. The number of halogens is 1. The van der Waals surface area contributed by atoms with Crippen LogP contribution in [0.25, 0.3) is 11.0 Å². The molecule has 1 atom stereocenters. The SMILES string of the molecule is O=C(C1=C(O)C(=O)N(C2CCCC2)C1c1ccccn1)c1cc2cc(Br)ccc2o1. The van der Waals surface area contributed by atoms with Gasteiger partial charge in [0.25, 0.3) is 5.91 Å². The molecule has 3 heterocycles. The van der Waals surface area contributed by atoms with E-state index in [1.54, 1.807) is 35.4 Å². The first-order chi connectivity index (χ1) is 14.5. The second-order valence-electron chi connectivity index (χ2n) is 7.69. The number of benzene rings is 1. The summed E-state index contributed by atoms with van der Waals surface area (Å²) >= 11 is 3.41. The number of carbonyl (C=O) groups is 2. The number of Topliss-reactive ketones (excluding diaryl/α,β-unsaturated/α-hetero) is 1. The summed E-state index contributed by atoms with van der Waals surface area (Å²) in [6, 6.07) is 11.7. The van der Waals surface area contributed by atoms with Gasteiger partial charge >= 0.3 is 0 Å². The van der Waals surface area contributed by atoms with Crippen LogP contribution in [0.15, 0.2) is 68.9 Å². The summed E-state index contributed by atoms with van der Waals surface area (Å²) in [4.78, 5) is 32.6. The maximum absolute atomic E-state index is 13.5.